The van der Waals surface area contributed by atoms with Crippen molar-refractivity contribution >= 4 is 11.4 Å². The first kappa shape index (κ1) is 10.2. The number of hydrogen-bond acceptors (Lipinski definition) is 3. The third-order valence-corrected chi connectivity index (χ3v) is 1.94. The maximum atomic E-state index is 10.4. The number of hydrogen-bond donors (Lipinski definition) is 0. The number of nitro groups is 1. The van der Waals surface area contributed by atoms with Gasteiger partial charge in [-0.2, -0.15) is 0 Å². The molecule has 0 amide bonds. The zero-order valence-electron chi connectivity index (χ0n) is 8.23. The molecule has 0 aliphatic rings. The highest BCUT2D eigenvalue weighted by molar-refractivity contribution is 5.59. The molecule has 0 heterocycles. The van der Waals surface area contributed by atoms with Gasteiger partial charge in [0, 0.05) is 19.8 Å². The van der Waals surface area contributed by atoms with Gasteiger partial charge in [0.05, 0.1) is 10.5 Å². The summed E-state index contributed by atoms with van der Waals surface area (Å²) >= 11 is 0. The molecule has 0 aliphatic heterocycles. The van der Waals surface area contributed by atoms with Crippen molar-refractivity contribution in [3.8, 4) is 0 Å². The Hall–Kier alpha value is -1.84. The molecule has 1 aromatic carbocycles. The van der Waals surface area contributed by atoms with Gasteiger partial charge in [-0.3, -0.25) is 10.1 Å². The third-order valence-electron chi connectivity index (χ3n) is 1.94. The molecule has 0 radical (unpaired) electrons. The highest BCUT2D eigenvalue weighted by Gasteiger charge is 2.09. The van der Waals surface area contributed by atoms with Gasteiger partial charge in [-0.05, 0) is 30.8 Å². The summed E-state index contributed by atoms with van der Waals surface area (Å²) in [6.45, 7) is 3.39. The van der Waals surface area contributed by atoms with Crippen LogP contribution in [0.4, 0.5) is 5.69 Å². The largest absolute Gasteiger partial charge is 0.378 e. The Morgan fingerprint density at radius 2 is 1.86 bits per heavy atom. The molecule has 4 heteroatoms. The van der Waals surface area contributed by atoms with Crippen LogP contribution in [0.1, 0.15) is 5.56 Å². The van der Waals surface area contributed by atoms with Crippen LogP contribution in [0.15, 0.2) is 30.8 Å². The van der Waals surface area contributed by atoms with Gasteiger partial charge in [0.25, 0.3) is 5.70 Å². The summed E-state index contributed by atoms with van der Waals surface area (Å²) in [6.07, 6.45) is 0. The zero-order valence-corrected chi connectivity index (χ0v) is 8.23. The highest BCUT2D eigenvalue weighted by atomic mass is 16.6. The summed E-state index contributed by atoms with van der Waals surface area (Å²) in [7, 11) is 3.83. The maximum absolute atomic E-state index is 10.4. The predicted molar refractivity (Wildman–Crippen MR) is 56.8 cm³/mol. The van der Waals surface area contributed by atoms with E-state index in [4.69, 9.17) is 0 Å². The number of nitrogens with zero attached hydrogens (tertiary/aromatic N) is 2. The van der Waals surface area contributed by atoms with Crippen LogP contribution in [-0.2, 0) is 0 Å². The molecule has 14 heavy (non-hydrogen) atoms. The van der Waals surface area contributed by atoms with Crippen LogP contribution in [-0.4, -0.2) is 19.0 Å². The second-order valence-electron chi connectivity index (χ2n) is 3.15. The lowest BCUT2D eigenvalue weighted by atomic mass is 10.1. The lowest BCUT2D eigenvalue weighted by molar-refractivity contribution is -0.375. The molecule has 0 aliphatic carbocycles. The molecular weight excluding hydrogens is 180 g/mol. The Morgan fingerprint density at radius 1 is 1.36 bits per heavy atom. The first-order valence-corrected chi connectivity index (χ1v) is 4.13. The average Bonchev–Trinajstić information content (AvgIpc) is 2.16. The van der Waals surface area contributed by atoms with Crippen LogP contribution in [0.2, 0.25) is 0 Å². The van der Waals surface area contributed by atoms with Crippen molar-refractivity contribution in [2.75, 3.05) is 19.0 Å². The van der Waals surface area contributed by atoms with E-state index in [1.54, 1.807) is 12.1 Å². The number of rotatable bonds is 3. The standard InChI is InChI=1S/C10H12N2O2/c1-8(12(13)14)9-4-6-10(7-5-9)11(2)3/h4-7H,1H2,2-3H3. The topological polar surface area (TPSA) is 46.4 Å². The highest BCUT2D eigenvalue weighted by Crippen LogP contribution is 2.17. The van der Waals surface area contributed by atoms with Gasteiger partial charge in [-0.25, -0.2) is 0 Å². The Morgan fingerprint density at radius 3 is 2.21 bits per heavy atom. The minimum absolute atomic E-state index is 0.0738. The van der Waals surface area contributed by atoms with Gasteiger partial charge in [0.15, 0.2) is 0 Å². The molecule has 0 N–H and O–H groups in total. The Bertz CT molecular complexity index is 355. The molecule has 0 unspecified atom stereocenters. The van der Waals surface area contributed by atoms with E-state index in [0.29, 0.717) is 5.56 Å². The fourth-order valence-electron chi connectivity index (χ4n) is 1.06. The molecule has 0 bridgehead atoms. The summed E-state index contributed by atoms with van der Waals surface area (Å²) in [4.78, 5) is 11.9. The van der Waals surface area contributed by atoms with Crippen molar-refractivity contribution in [1.82, 2.24) is 0 Å². The van der Waals surface area contributed by atoms with Crippen LogP contribution < -0.4 is 4.90 Å². The lowest BCUT2D eigenvalue weighted by Crippen LogP contribution is -2.08. The summed E-state index contributed by atoms with van der Waals surface area (Å²) in [5.41, 5.74) is 1.47. The molecule has 0 saturated heterocycles. The van der Waals surface area contributed by atoms with E-state index in [0.717, 1.165) is 5.69 Å². The second kappa shape index (κ2) is 3.91. The van der Waals surface area contributed by atoms with E-state index < -0.39 is 4.92 Å². The minimum atomic E-state index is -0.481. The maximum Gasteiger partial charge on any atom is 0.269 e. The van der Waals surface area contributed by atoms with E-state index >= 15 is 0 Å². The van der Waals surface area contributed by atoms with E-state index in [1.807, 2.05) is 31.1 Å². The summed E-state index contributed by atoms with van der Waals surface area (Å²) < 4.78 is 0. The average molecular weight is 192 g/mol. The van der Waals surface area contributed by atoms with Crippen LogP contribution in [0.5, 0.6) is 0 Å². The van der Waals surface area contributed by atoms with E-state index in [2.05, 4.69) is 6.58 Å². The lowest BCUT2D eigenvalue weighted by Gasteiger charge is -2.11. The minimum Gasteiger partial charge on any atom is -0.378 e. The molecule has 1 rings (SSSR count). The van der Waals surface area contributed by atoms with Gasteiger partial charge in [-0.15, -0.1) is 0 Å². The van der Waals surface area contributed by atoms with Crippen molar-refractivity contribution in [2.45, 2.75) is 0 Å². The summed E-state index contributed by atoms with van der Waals surface area (Å²) in [6, 6.07) is 7.04. The van der Waals surface area contributed by atoms with Crippen molar-refractivity contribution < 1.29 is 4.92 Å². The Balaban J connectivity index is 2.94. The Labute approximate surface area is 82.6 Å². The Kier molecular flexibility index (Phi) is 2.86. The van der Waals surface area contributed by atoms with Crippen molar-refractivity contribution in [3.05, 3.63) is 46.5 Å². The molecule has 0 aromatic heterocycles. The summed E-state index contributed by atoms with van der Waals surface area (Å²) in [5, 5.41) is 10.4. The van der Waals surface area contributed by atoms with Gasteiger partial charge in [-0.1, -0.05) is 0 Å². The van der Waals surface area contributed by atoms with E-state index in [9.17, 15) is 10.1 Å². The fraction of sp³-hybridized carbons (Fsp3) is 0.200. The fourth-order valence-corrected chi connectivity index (χ4v) is 1.06. The SMILES string of the molecule is C=C(c1ccc(N(C)C)cc1)[N+](=O)[O-]. The van der Waals surface area contributed by atoms with Gasteiger partial charge in [0.1, 0.15) is 0 Å². The van der Waals surface area contributed by atoms with Crippen molar-refractivity contribution in [1.29, 1.82) is 0 Å². The van der Waals surface area contributed by atoms with Crippen LogP contribution in [0.25, 0.3) is 5.70 Å². The monoisotopic (exact) mass is 192 g/mol. The van der Waals surface area contributed by atoms with Crippen LogP contribution in [0, 0.1) is 10.1 Å². The molecule has 0 saturated carbocycles. The molecule has 74 valence electrons. The third kappa shape index (κ3) is 2.10. The molecule has 1 aromatic rings. The van der Waals surface area contributed by atoms with Gasteiger partial charge >= 0.3 is 0 Å². The van der Waals surface area contributed by atoms with Gasteiger partial charge < -0.3 is 4.90 Å². The molecule has 0 fully saturated rings. The second-order valence-corrected chi connectivity index (χ2v) is 3.15. The molecule has 0 atom stereocenters. The first-order chi connectivity index (χ1) is 6.52. The predicted octanol–water partition coefficient (Wildman–Crippen LogP) is 2.00. The van der Waals surface area contributed by atoms with Crippen molar-refractivity contribution in [3.63, 3.8) is 0 Å². The van der Waals surface area contributed by atoms with Crippen molar-refractivity contribution in [2.24, 2.45) is 0 Å². The smallest absolute Gasteiger partial charge is 0.269 e. The summed E-state index contributed by atoms with van der Waals surface area (Å²) in [5.74, 6) is 0. The number of benzene rings is 1. The normalized spacial score (nSPS) is 9.57. The quantitative estimate of drug-likeness (QED) is 0.543. The number of anilines is 1. The van der Waals surface area contributed by atoms with Gasteiger partial charge in [0.2, 0.25) is 0 Å². The first-order valence-electron chi connectivity index (χ1n) is 4.13. The zero-order chi connectivity index (χ0) is 10.7. The van der Waals surface area contributed by atoms with E-state index in [1.165, 1.54) is 0 Å². The van der Waals surface area contributed by atoms with E-state index in [-0.39, 0.29) is 5.70 Å². The molecular formula is C10H12N2O2. The van der Waals surface area contributed by atoms with Crippen LogP contribution in [0.3, 0.4) is 0 Å². The van der Waals surface area contributed by atoms with Crippen LogP contribution >= 0.6 is 0 Å². The molecule has 0 spiro atoms. The molecule has 4 nitrogen and oxygen atoms in total.